The van der Waals surface area contributed by atoms with Crippen molar-refractivity contribution in [1.29, 1.82) is 0 Å². The van der Waals surface area contributed by atoms with E-state index in [0.717, 1.165) is 61.3 Å². The molecule has 0 amide bonds. The molecule has 1 heterocycles. The Balaban J connectivity index is 1.49. The van der Waals surface area contributed by atoms with Gasteiger partial charge in [-0.3, -0.25) is 9.69 Å². The third-order valence-electron chi connectivity index (χ3n) is 7.89. The van der Waals surface area contributed by atoms with Crippen molar-refractivity contribution in [3.8, 4) is 0 Å². The van der Waals surface area contributed by atoms with Crippen LogP contribution in [-0.2, 0) is 34.2 Å². The minimum Gasteiger partial charge on any atom is -0.481 e. The van der Waals surface area contributed by atoms with Crippen molar-refractivity contribution in [2.24, 2.45) is 11.1 Å². The number of benzene rings is 2. The molecule has 5 nitrogen and oxygen atoms in total. The Labute approximate surface area is 230 Å². The van der Waals surface area contributed by atoms with Gasteiger partial charge in [0.05, 0.1) is 22.6 Å². The van der Waals surface area contributed by atoms with E-state index in [-0.39, 0.29) is 23.0 Å². The highest BCUT2D eigenvalue weighted by Crippen LogP contribution is 2.42. The summed E-state index contributed by atoms with van der Waals surface area (Å²) in [6, 6.07) is 9.79. The van der Waals surface area contributed by atoms with Gasteiger partial charge < -0.3 is 9.94 Å². The first-order chi connectivity index (χ1) is 18.4. The molecule has 0 aromatic heterocycles. The highest BCUT2D eigenvalue weighted by atomic mass is 19.4. The lowest BCUT2D eigenvalue weighted by Gasteiger charge is -2.37. The Morgan fingerprint density at radius 3 is 2.38 bits per heavy atom. The van der Waals surface area contributed by atoms with Gasteiger partial charge in [0.15, 0.2) is 0 Å². The van der Waals surface area contributed by atoms with Gasteiger partial charge in [0, 0.05) is 19.6 Å². The second-order valence-corrected chi connectivity index (χ2v) is 10.8. The summed E-state index contributed by atoms with van der Waals surface area (Å²) in [4.78, 5) is 18.6. The first-order valence-electron chi connectivity index (χ1n) is 13.5. The van der Waals surface area contributed by atoms with Crippen LogP contribution in [-0.4, -0.2) is 50.5 Å². The summed E-state index contributed by atoms with van der Waals surface area (Å²) in [6.07, 6.45) is 0.575. The molecule has 4 radical (unpaired) electrons. The van der Waals surface area contributed by atoms with Gasteiger partial charge in [0.2, 0.25) is 0 Å². The quantitative estimate of drug-likeness (QED) is 0.253. The summed E-state index contributed by atoms with van der Waals surface area (Å²) < 4.78 is 42.0. The molecule has 2 aromatic carbocycles. The molecule has 0 unspecified atom stereocenters. The van der Waals surface area contributed by atoms with E-state index in [9.17, 15) is 18.0 Å². The molecule has 1 N–H and O–H groups in total. The number of halogens is 3. The van der Waals surface area contributed by atoms with Crippen molar-refractivity contribution in [1.82, 2.24) is 4.90 Å². The SMILES string of the molecule is [B]C([B])(O/N=C(\C)c1ccc(CN2CC(C(=O)O)C2)c(CC)c1)c1ccc(C2CCCCC2)c(C(F)(F)F)c1. The van der Waals surface area contributed by atoms with Crippen molar-refractivity contribution >= 4 is 27.4 Å². The Kier molecular flexibility index (Phi) is 8.84. The fraction of sp³-hybridized carbons (Fsp3) is 0.517. The maximum atomic E-state index is 14.0. The van der Waals surface area contributed by atoms with Gasteiger partial charge in [0.25, 0.3) is 0 Å². The number of oxime groups is 1. The van der Waals surface area contributed by atoms with Crippen molar-refractivity contribution < 1.29 is 27.9 Å². The first kappa shape index (κ1) is 29.2. The summed E-state index contributed by atoms with van der Waals surface area (Å²) in [5, 5.41) is 11.1. The zero-order chi connectivity index (χ0) is 28.4. The molecule has 4 rings (SSSR count). The first-order valence-corrected chi connectivity index (χ1v) is 13.5. The number of aliphatic carboxylic acids is 1. The summed E-state index contributed by atoms with van der Waals surface area (Å²) in [7, 11) is 12.3. The van der Waals surface area contributed by atoms with E-state index in [4.69, 9.17) is 25.6 Å². The molecule has 2 aromatic rings. The molecule has 1 saturated carbocycles. The molecule has 0 spiro atoms. The second-order valence-electron chi connectivity index (χ2n) is 10.8. The number of carbonyl (C=O) groups is 1. The molecule has 2 aliphatic rings. The van der Waals surface area contributed by atoms with Crippen LogP contribution in [0.1, 0.15) is 85.3 Å². The topological polar surface area (TPSA) is 62.1 Å². The normalized spacial score (nSPS) is 18.1. The highest BCUT2D eigenvalue weighted by molar-refractivity contribution is 6.38. The van der Waals surface area contributed by atoms with Gasteiger partial charge in [-0.2, -0.15) is 13.2 Å². The molecular formula is C29H33B2F3N2O3. The number of nitrogens with zero attached hydrogens (tertiary/aromatic N) is 2. The van der Waals surface area contributed by atoms with Crippen LogP contribution in [0.2, 0.25) is 0 Å². The Morgan fingerprint density at radius 2 is 1.77 bits per heavy atom. The zero-order valence-corrected chi connectivity index (χ0v) is 22.4. The van der Waals surface area contributed by atoms with E-state index in [1.807, 2.05) is 25.1 Å². The van der Waals surface area contributed by atoms with Crippen LogP contribution in [0.4, 0.5) is 13.2 Å². The third kappa shape index (κ3) is 6.89. The maximum Gasteiger partial charge on any atom is 0.416 e. The van der Waals surface area contributed by atoms with Crippen molar-refractivity contribution in [2.75, 3.05) is 13.1 Å². The number of carboxylic acids is 1. The fourth-order valence-corrected chi connectivity index (χ4v) is 5.49. The molecule has 2 fully saturated rings. The van der Waals surface area contributed by atoms with Gasteiger partial charge >= 0.3 is 12.1 Å². The number of hydrogen-bond donors (Lipinski definition) is 1. The minimum atomic E-state index is -4.54. The number of hydrogen-bond acceptors (Lipinski definition) is 4. The Bertz CT molecular complexity index is 1220. The molecular weight excluding hydrogens is 503 g/mol. The lowest BCUT2D eigenvalue weighted by atomic mass is 9.61. The predicted octanol–water partition coefficient (Wildman–Crippen LogP) is 5.72. The molecule has 204 valence electrons. The van der Waals surface area contributed by atoms with Crippen molar-refractivity contribution in [3.63, 3.8) is 0 Å². The molecule has 1 aliphatic heterocycles. The van der Waals surface area contributed by atoms with Crippen LogP contribution in [0.5, 0.6) is 0 Å². The van der Waals surface area contributed by atoms with Crippen LogP contribution >= 0.6 is 0 Å². The number of aryl methyl sites for hydroxylation is 1. The smallest absolute Gasteiger partial charge is 0.416 e. The van der Waals surface area contributed by atoms with Crippen LogP contribution in [0.25, 0.3) is 0 Å². The molecule has 1 aliphatic carbocycles. The van der Waals surface area contributed by atoms with E-state index in [1.165, 1.54) is 12.1 Å². The lowest BCUT2D eigenvalue weighted by Crippen LogP contribution is -2.49. The third-order valence-corrected chi connectivity index (χ3v) is 7.89. The number of carboxylic acid groups (broad SMARTS) is 1. The average Bonchev–Trinajstić information content (AvgIpc) is 2.88. The summed E-state index contributed by atoms with van der Waals surface area (Å²) in [5.41, 5.74) is 2.97. The van der Waals surface area contributed by atoms with Crippen LogP contribution in [0.3, 0.4) is 0 Å². The van der Waals surface area contributed by atoms with E-state index >= 15 is 0 Å². The highest BCUT2D eigenvalue weighted by Gasteiger charge is 2.37. The lowest BCUT2D eigenvalue weighted by molar-refractivity contribution is -0.147. The summed E-state index contributed by atoms with van der Waals surface area (Å²) in [6.45, 7) is 5.46. The van der Waals surface area contributed by atoms with Crippen LogP contribution < -0.4 is 0 Å². The Morgan fingerprint density at radius 1 is 1.08 bits per heavy atom. The van der Waals surface area contributed by atoms with Crippen molar-refractivity contribution in [3.05, 3.63) is 69.8 Å². The summed E-state index contributed by atoms with van der Waals surface area (Å²) >= 11 is 0. The summed E-state index contributed by atoms with van der Waals surface area (Å²) in [5.74, 6) is -1.22. The maximum absolute atomic E-state index is 14.0. The average molecular weight is 536 g/mol. The zero-order valence-electron chi connectivity index (χ0n) is 22.4. The van der Waals surface area contributed by atoms with E-state index in [1.54, 1.807) is 6.92 Å². The van der Waals surface area contributed by atoms with Gasteiger partial charge in [0.1, 0.15) is 15.7 Å². The van der Waals surface area contributed by atoms with Gasteiger partial charge in [-0.05, 0) is 72.1 Å². The molecule has 1 saturated heterocycles. The predicted molar refractivity (Wildman–Crippen MR) is 146 cm³/mol. The standard InChI is InChI=1S/C29H33B2F3N2O3/c1-3-19-13-21(9-10-22(19)15-36-16-23(17-36)27(37)38)18(2)35-39-28(30,31)24-11-12-25(20-7-5-4-6-8-20)26(14-24)29(32,33)34/h9-14,20,23H,3-8,15-17H2,1-2H3,(H,37,38)/b35-18+. The van der Waals surface area contributed by atoms with Gasteiger partial charge in [-0.15, -0.1) is 0 Å². The molecule has 39 heavy (non-hydrogen) atoms. The van der Waals surface area contributed by atoms with Gasteiger partial charge in [-0.25, -0.2) is 0 Å². The van der Waals surface area contributed by atoms with E-state index in [2.05, 4.69) is 10.1 Å². The van der Waals surface area contributed by atoms with Crippen LogP contribution in [0, 0.1) is 5.92 Å². The minimum absolute atomic E-state index is 0.00950. The number of likely N-dealkylation sites (tertiary alicyclic amines) is 1. The van der Waals surface area contributed by atoms with Crippen molar-refractivity contribution in [2.45, 2.75) is 76.4 Å². The fourth-order valence-electron chi connectivity index (χ4n) is 5.49. The molecule has 0 atom stereocenters. The van der Waals surface area contributed by atoms with E-state index < -0.39 is 23.1 Å². The largest absolute Gasteiger partial charge is 0.481 e. The molecule has 10 heteroatoms. The number of rotatable bonds is 9. The second kappa shape index (κ2) is 11.8. The monoisotopic (exact) mass is 536 g/mol. The number of alkyl halides is 3. The molecule has 0 bridgehead atoms. The van der Waals surface area contributed by atoms with Gasteiger partial charge in [-0.1, -0.05) is 55.6 Å². The Hall–Kier alpha value is -2.74. The van der Waals surface area contributed by atoms with E-state index in [0.29, 0.717) is 25.3 Å². The van der Waals surface area contributed by atoms with Crippen LogP contribution in [0.15, 0.2) is 41.6 Å².